The van der Waals surface area contributed by atoms with Crippen LogP contribution in [0.5, 0.6) is 5.75 Å². The average Bonchev–Trinajstić information content (AvgIpc) is 2.49. The first-order valence-corrected chi connectivity index (χ1v) is 7.38. The summed E-state index contributed by atoms with van der Waals surface area (Å²) in [5.74, 6) is 0.763. The Kier molecular flexibility index (Phi) is 4.79. The van der Waals surface area contributed by atoms with Crippen LogP contribution in [-0.2, 0) is 6.42 Å². The molecule has 0 aromatic heterocycles. The van der Waals surface area contributed by atoms with Crippen molar-refractivity contribution in [3.63, 3.8) is 0 Å². The van der Waals surface area contributed by atoms with Crippen LogP contribution < -0.4 is 4.74 Å². The lowest BCUT2D eigenvalue weighted by Crippen LogP contribution is -2.24. The summed E-state index contributed by atoms with van der Waals surface area (Å²) in [4.78, 5) is 12.4. The minimum Gasteiger partial charge on any atom is -0.483 e. The molecule has 0 aliphatic rings. The van der Waals surface area contributed by atoms with E-state index >= 15 is 0 Å². The Morgan fingerprint density at radius 2 is 1.86 bits per heavy atom. The number of rotatable bonds is 5. The molecule has 0 aliphatic carbocycles. The molecule has 0 aliphatic heterocycles. The van der Waals surface area contributed by atoms with Crippen LogP contribution in [0.3, 0.4) is 0 Å². The Balaban J connectivity index is 2.13. The quantitative estimate of drug-likeness (QED) is 0.754. The predicted octanol–water partition coefficient (Wildman–Crippen LogP) is 4.52. The Bertz CT molecular complexity index is 644. The summed E-state index contributed by atoms with van der Waals surface area (Å²) in [6.45, 7) is 7.96. The molecule has 0 saturated carbocycles. The smallest absolute Gasteiger partial charge is 0.203 e. The molecule has 2 heteroatoms. The SMILES string of the molecule is CCc1cccc(OC(C)C(=O)c2ccc(C)c(C)c2)c1. The summed E-state index contributed by atoms with van der Waals surface area (Å²) in [6.07, 6.45) is 0.468. The molecule has 1 atom stereocenters. The van der Waals surface area contributed by atoms with Gasteiger partial charge in [-0.1, -0.05) is 31.2 Å². The summed E-state index contributed by atoms with van der Waals surface area (Å²) >= 11 is 0. The highest BCUT2D eigenvalue weighted by Crippen LogP contribution is 2.18. The van der Waals surface area contributed by atoms with E-state index in [0.29, 0.717) is 5.56 Å². The second-order valence-electron chi connectivity index (χ2n) is 5.42. The average molecular weight is 282 g/mol. The number of hydrogen-bond acceptors (Lipinski definition) is 2. The number of ketones is 1. The highest BCUT2D eigenvalue weighted by molar-refractivity contribution is 5.99. The first kappa shape index (κ1) is 15.3. The van der Waals surface area contributed by atoms with Crippen LogP contribution in [0.15, 0.2) is 42.5 Å². The fraction of sp³-hybridized carbons (Fsp3) is 0.316. The van der Waals surface area contributed by atoms with Crippen LogP contribution in [0.4, 0.5) is 0 Å². The van der Waals surface area contributed by atoms with E-state index in [9.17, 15) is 4.79 Å². The number of aryl methyl sites for hydroxylation is 3. The third-order valence-electron chi connectivity index (χ3n) is 3.78. The molecular weight excluding hydrogens is 260 g/mol. The molecule has 0 radical (unpaired) electrons. The maximum Gasteiger partial charge on any atom is 0.203 e. The van der Waals surface area contributed by atoms with Gasteiger partial charge in [-0.25, -0.2) is 0 Å². The Morgan fingerprint density at radius 3 is 2.52 bits per heavy atom. The van der Waals surface area contributed by atoms with Gasteiger partial charge in [0.15, 0.2) is 6.10 Å². The van der Waals surface area contributed by atoms with E-state index in [1.54, 1.807) is 6.92 Å². The third kappa shape index (κ3) is 3.72. The minimum absolute atomic E-state index is 0.0139. The highest BCUT2D eigenvalue weighted by atomic mass is 16.5. The van der Waals surface area contributed by atoms with E-state index in [2.05, 4.69) is 13.0 Å². The number of ether oxygens (including phenoxy) is 1. The van der Waals surface area contributed by atoms with Gasteiger partial charge in [-0.05, 0) is 62.1 Å². The fourth-order valence-electron chi connectivity index (χ4n) is 2.23. The molecule has 0 bridgehead atoms. The van der Waals surface area contributed by atoms with Gasteiger partial charge in [0.25, 0.3) is 0 Å². The van der Waals surface area contributed by atoms with Crippen LogP contribution >= 0.6 is 0 Å². The van der Waals surface area contributed by atoms with E-state index < -0.39 is 6.10 Å². The molecule has 2 nitrogen and oxygen atoms in total. The summed E-state index contributed by atoms with van der Waals surface area (Å²) in [5, 5.41) is 0. The van der Waals surface area contributed by atoms with Crippen molar-refractivity contribution < 1.29 is 9.53 Å². The summed E-state index contributed by atoms with van der Waals surface area (Å²) in [5.41, 5.74) is 4.23. The molecule has 0 heterocycles. The lowest BCUT2D eigenvalue weighted by Gasteiger charge is -2.15. The molecule has 2 aromatic carbocycles. The predicted molar refractivity (Wildman–Crippen MR) is 86.2 cm³/mol. The van der Waals surface area contributed by atoms with E-state index in [4.69, 9.17) is 4.74 Å². The van der Waals surface area contributed by atoms with E-state index in [-0.39, 0.29) is 5.78 Å². The Morgan fingerprint density at radius 1 is 1.10 bits per heavy atom. The van der Waals surface area contributed by atoms with Crippen molar-refractivity contribution in [1.82, 2.24) is 0 Å². The lowest BCUT2D eigenvalue weighted by atomic mass is 10.0. The maximum absolute atomic E-state index is 12.4. The van der Waals surface area contributed by atoms with Crippen molar-refractivity contribution in [2.45, 2.75) is 40.2 Å². The largest absolute Gasteiger partial charge is 0.483 e. The normalized spacial score (nSPS) is 12.0. The van der Waals surface area contributed by atoms with Crippen molar-refractivity contribution >= 4 is 5.78 Å². The number of hydrogen-bond donors (Lipinski definition) is 0. The van der Waals surface area contributed by atoms with Crippen molar-refractivity contribution in [2.24, 2.45) is 0 Å². The van der Waals surface area contributed by atoms with E-state index in [1.165, 1.54) is 11.1 Å². The molecule has 0 spiro atoms. The molecule has 0 amide bonds. The summed E-state index contributed by atoms with van der Waals surface area (Å²) < 4.78 is 5.79. The zero-order valence-corrected chi connectivity index (χ0v) is 13.1. The second-order valence-corrected chi connectivity index (χ2v) is 5.42. The van der Waals surface area contributed by atoms with Crippen molar-refractivity contribution in [2.75, 3.05) is 0 Å². The molecule has 2 aromatic rings. The van der Waals surface area contributed by atoms with Crippen LogP contribution in [0.25, 0.3) is 0 Å². The standard InChI is InChI=1S/C19H22O2/c1-5-16-7-6-8-18(12-16)21-15(4)19(20)17-10-9-13(2)14(3)11-17/h6-12,15H,5H2,1-4H3. The first-order valence-electron chi connectivity index (χ1n) is 7.38. The Labute approximate surface area is 126 Å². The van der Waals surface area contributed by atoms with Gasteiger partial charge in [0.1, 0.15) is 5.75 Å². The molecule has 2 rings (SSSR count). The second kappa shape index (κ2) is 6.57. The Hall–Kier alpha value is -2.09. The lowest BCUT2D eigenvalue weighted by molar-refractivity contribution is 0.0818. The van der Waals surface area contributed by atoms with Crippen LogP contribution in [0.2, 0.25) is 0 Å². The van der Waals surface area contributed by atoms with Gasteiger partial charge in [-0.15, -0.1) is 0 Å². The van der Waals surface area contributed by atoms with Gasteiger partial charge in [-0.2, -0.15) is 0 Å². The number of carbonyl (C=O) groups excluding carboxylic acids is 1. The molecular formula is C19H22O2. The monoisotopic (exact) mass is 282 g/mol. The zero-order chi connectivity index (χ0) is 15.4. The van der Waals surface area contributed by atoms with Gasteiger partial charge in [0, 0.05) is 5.56 Å². The molecule has 1 unspecified atom stereocenters. The van der Waals surface area contributed by atoms with E-state index in [0.717, 1.165) is 17.7 Å². The van der Waals surface area contributed by atoms with E-state index in [1.807, 2.05) is 50.2 Å². The minimum atomic E-state index is -0.487. The topological polar surface area (TPSA) is 26.3 Å². The number of benzene rings is 2. The van der Waals surface area contributed by atoms with Gasteiger partial charge in [-0.3, -0.25) is 4.79 Å². The zero-order valence-electron chi connectivity index (χ0n) is 13.1. The van der Waals surface area contributed by atoms with Gasteiger partial charge >= 0.3 is 0 Å². The van der Waals surface area contributed by atoms with Crippen LogP contribution in [0, 0.1) is 13.8 Å². The molecule has 0 N–H and O–H groups in total. The van der Waals surface area contributed by atoms with Crippen molar-refractivity contribution in [3.05, 3.63) is 64.7 Å². The van der Waals surface area contributed by atoms with Crippen LogP contribution in [-0.4, -0.2) is 11.9 Å². The van der Waals surface area contributed by atoms with Crippen molar-refractivity contribution in [1.29, 1.82) is 0 Å². The summed E-state index contributed by atoms with van der Waals surface area (Å²) in [6, 6.07) is 13.7. The van der Waals surface area contributed by atoms with Crippen LogP contribution in [0.1, 0.15) is 40.9 Å². The maximum atomic E-state index is 12.4. The first-order chi connectivity index (χ1) is 10.0. The molecule has 110 valence electrons. The fourth-order valence-corrected chi connectivity index (χ4v) is 2.23. The van der Waals surface area contributed by atoms with Gasteiger partial charge < -0.3 is 4.74 Å². The van der Waals surface area contributed by atoms with Gasteiger partial charge in [0.2, 0.25) is 5.78 Å². The number of Topliss-reactive ketones (excluding diaryl/α,β-unsaturated/α-hetero) is 1. The van der Waals surface area contributed by atoms with Crippen molar-refractivity contribution in [3.8, 4) is 5.75 Å². The highest BCUT2D eigenvalue weighted by Gasteiger charge is 2.17. The summed E-state index contributed by atoms with van der Waals surface area (Å²) in [7, 11) is 0. The third-order valence-corrected chi connectivity index (χ3v) is 3.78. The molecule has 21 heavy (non-hydrogen) atoms. The molecule has 0 saturated heterocycles. The number of carbonyl (C=O) groups is 1. The molecule has 0 fully saturated rings. The van der Waals surface area contributed by atoms with Gasteiger partial charge in [0.05, 0.1) is 0 Å².